The van der Waals surface area contributed by atoms with E-state index >= 15 is 0 Å². The highest BCUT2D eigenvalue weighted by Gasteiger charge is 2.23. The molecule has 0 saturated carbocycles. The number of hydrogen-bond acceptors (Lipinski definition) is 3. The molecule has 1 amide bonds. The predicted molar refractivity (Wildman–Crippen MR) is 71.2 cm³/mol. The summed E-state index contributed by atoms with van der Waals surface area (Å²) in [5.41, 5.74) is 0.954. The molecule has 1 aromatic heterocycles. The molecule has 5 nitrogen and oxygen atoms in total. The molecule has 1 saturated heterocycles. The van der Waals surface area contributed by atoms with E-state index in [0.717, 1.165) is 29.6 Å². The zero-order valence-electron chi connectivity index (χ0n) is 10.6. The largest absolute Gasteiger partial charge is 0.376 e. The van der Waals surface area contributed by atoms with Gasteiger partial charge in [-0.1, -0.05) is 0 Å². The fraction of sp³-hybridized carbons (Fsp3) is 0.667. The lowest BCUT2D eigenvalue weighted by molar-refractivity contribution is -0.123. The smallest absolute Gasteiger partial charge is 0.242 e. The summed E-state index contributed by atoms with van der Waals surface area (Å²) in [7, 11) is 0. The summed E-state index contributed by atoms with van der Waals surface area (Å²) >= 11 is 3.38. The molecule has 18 heavy (non-hydrogen) atoms. The number of aromatic nitrogens is 2. The summed E-state index contributed by atoms with van der Waals surface area (Å²) in [6.07, 6.45) is 3.95. The number of halogens is 1. The van der Waals surface area contributed by atoms with Gasteiger partial charge in [0, 0.05) is 6.61 Å². The Morgan fingerprint density at radius 2 is 2.56 bits per heavy atom. The first-order valence-corrected chi connectivity index (χ1v) is 6.96. The van der Waals surface area contributed by atoms with Gasteiger partial charge in [0.05, 0.1) is 28.5 Å². The van der Waals surface area contributed by atoms with Gasteiger partial charge < -0.3 is 10.1 Å². The van der Waals surface area contributed by atoms with E-state index in [-0.39, 0.29) is 24.6 Å². The van der Waals surface area contributed by atoms with Crippen molar-refractivity contribution in [2.75, 3.05) is 6.61 Å². The molecule has 0 aliphatic carbocycles. The van der Waals surface area contributed by atoms with Crippen molar-refractivity contribution in [2.45, 2.75) is 45.4 Å². The molecule has 0 aromatic carbocycles. The quantitative estimate of drug-likeness (QED) is 0.919. The van der Waals surface area contributed by atoms with Gasteiger partial charge >= 0.3 is 0 Å². The Hall–Kier alpha value is -0.880. The fourth-order valence-corrected chi connectivity index (χ4v) is 2.40. The van der Waals surface area contributed by atoms with Crippen LogP contribution in [-0.4, -0.2) is 34.4 Å². The first-order chi connectivity index (χ1) is 8.58. The molecule has 1 aromatic rings. The van der Waals surface area contributed by atoms with Crippen molar-refractivity contribution in [2.24, 2.45) is 0 Å². The average molecular weight is 316 g/mol. The molecule has 1 aliphatic rings. The highest BCUT2D eigenvalue weighted by molar-refractivity contribution is 9.10. The Morgan fingerprint density at radius 3 is 3.11 bits per heavy atom. The molecule has 0 bridgehead atoms. The molecule has 0 spiro atoms. The molecule has 1 N–H and O–H groups in total. The zero-order chi connectivity index (χ0) is 13.1. The summed E-state index contributed by atoms with van der Waals surface area (Å²) in [4.78, 5) is 11.9. The van der Waals surface area contributed by atoms with Crippen LogP contribution in [0.15, 0.2) is 10.7 Å². The normalized spacial score (nSPS) is 20.9. The minimum atomic E-state index is -0.0308. The van der Waals surface area contributed by atoms with Crippen LogP contribution in [0.1, 0.15) is 25.5 Å². The molecule has 1 fully saturated rings. The molecule has 2 heterocycles. The van der Waals surface area contributed by atoms with E-state index in [2.05, 4.69) is 26.3 Å². The number of nitrogens with one attached hydrogen (secondary N) is 1. The maximum absolute atomic E-state index is 11.9. The van der Waals surface area contributed by atoms with E-state index in [0.29, 0.717) is 0 Å². The maximum atomic E-state index is 11.9. The second kappa shape index (κ2) is 5.84. The van der Waals surface area contributed by atoms with Crippen molar-refractivity contribution >= 4 is 21.8 Å². The topological polar surface area (TPSA) is 56.2 Å². The van der Waals surface area contributed by atoms with Crippen LogP contribution in [0.4, 0.5) is 0 Å². The molecule has 6 heteroatoms. The second-order valence-electron chi connectivity index (χ2n) is 4.64. The lowest BCUT2D eigenvalue weighted by Gasteiger charge is -2.20. The monoisotopic (exact) mass is 315 g/mol. The number of carbonyl (C=O) groups is 1. The van der Waals surface area contributed by atoms with Crippen LogP contribution in [0, 0.1) is 6.92 Å². The minimum absolute atomic E-state index is 0.0308. The predicted octanol–water partition coefficient (Wildman–Crippen LogP) is 1.64. The van der Waals surface area contributed by atoms with Crippen molar-refractivity contribution < 1.29 is 9.53 Å². The lowest BCUT2D eigenvalue weighted by atomic mass is 10.1. The van der Waals surface area contributed by atoms with Crippen LogP contribution in [0.5, 0.6) is 0 Å². The number of amides is 1. The molecule has 0 unspecified atom stereocenters. The highest BCUT2D eigenvalue weighted by atomic mass is 79.9. The third kappa shape index (κ3) is 3.11. The molecule has 0 radical (unpaired) electrons. The van der Waals surface area contributed by atoms with Crippen molar-refractivity contribution in [3.8, 4) is 0 Å². The van der Waals surface area contributed by atoms with E-state index in [1.54, 1.807) is 10.9 Å². The van der Waals surface area contributed by atoms with Crippen LogP contribution in [-0.2, 0) is 16.1 Å². The van der Waals surface area contributed by atoms with E-state index in [1.165, 1.54) is 0 Å². The first kappa shape index (κ1) is 13.5. The summed E-state index contributed by atoms with van der Waals surface area (Å²) < 4.78 is 8.15. The lowest BCUT2D eigenvalue weighted by Crippen LogP contribution is -2.42. The average Bonchev–Trinajstić information content (AvgIpc) is 2.94. The van der Waals surface area contributed by atoms with E-state index in [1.807, 2.05) is 13.8 Å². The van der Waals surface area contributed by atoms with Crippen LogP contribution >= 0.6 is 15.9 Å². The van der Waals surface area contributed by atoms with Crippen LogP contribution < -0.4 is 5.32 Å². The van der Waals surface area contributed by atoms with Crippen molar-refractivity contribution in [1.29, 1.82) is 0 Å². The zero-order valence-corrected chi connectivity index (χ0v) is 12.2. The van der Waals surface area contributed by atoms with Gasteiger partial charge in [-0.25, -0.2) is 0 Å². The number of carbonyl (C=O) groups excluding carboxylic acids is 1. The van der Waals surface area contributed by atoms with Crippen LogP contribution in [0.2, 0.25) is 0 Å². The van der Waals surface area contributed by atoms with Gasteiger partial charge in [-0.3, -0.25) is 9.48 Å². The Balaban J connectivity index is 1.86. The standard InChI is InChI=1S/C12H18BrN3O2/c1-8(11-4-3-5-18-11)15-12(17)7-16-9(2)10(13)6-14-16/h6,8,11H,3-5,7H2,1-2H3,(H,15,17)/t8-,11+/m1/s1. The Kier molecular flexibility index (Phi) is 4.40. The number of nitrogens with zero attached hydrogens (tertiary/aromatic N) is 2. The van der Waals surface area contributed by atoms with Gasteiger partial charge in [0.2, 0.25) is 5.91 Å². The Bertz CT molecular complexity index is 427. The summed E-state index contributed by atoms with van der Waals surface area (Å²) in [5, 5.41) is 7.10. The van der Waals surface area contributed by atoms with Gasteiger partial charge in [0.1, 0.15) is 6.54 Å². The second-order valence-corrected chi connectivity index (χ2v) is 5.50. The van der Waals surface area contributed by atoms with Gasteiger partial charge in [-0.2, -0.15) is 5.10 Å². The summed E-state index contributed by atoms with van der Waals surface area (Å²) in [5.74, 6) is -0.0308. The van der Waals surface area contributed by atoms with Crippen molar-refractivity contribution in [3.63, 3.8) is 0 Å². The van der Waals surface area contributed by atoms with Gasteiger partial charge in [0.15, 0.2) is 0 Å². The SMILES string of the molecule is Cc1c(Br)cnn1CC(=O)N[C@H](C)[C@@H]1CCCO1. The van der Waals surface area contributed by atoms with Crippen LogP contribution in [0.3, 0.4) is 0 Å². The molecular formula is C12H18BrN3O2. The summed E-state index contributed by atoms with van der Waals surface area (Å²) in [6, 6.07) is 0.0549. The van der Waals surface area contributed by atoms with E-state index < -0.39 is 0 Å². The van der Waals surface area contributed by atoms with Gasteiger partial charge in [0.25, 0.3) is 0 Å². The number of ether oxygens (including phenoxy) is 1. The minimum Gasteiger partial charge on any atom is -0.376 e. The van der Waals surface area contributed by atoms with Crippen LogP contribution in [0.25, 0.3) is 0 Å². The number of rotatable bonds is 4. The van der Waals surface area contributed by atoms with Gasteiger partial charge in [-0.05, 0) is 42.6 Å². The van der Waals surface area contributed by atoms with Crippen molar-refractivity contribution in [1.82, 2.24) is 15.1 Å². The Labute approximate surface area is 115 Å². The first-order valence-electron chi connectivity index (χ1n) is 6.17. The van der Waals surface area contributed by atoms with Crippen molar-refractivity contribution in [3.05, 3.63) is 16.4 Å². The Morgan fingerprint density at radius 1 is 1.78 bits per heavy atom. The molecule has 1 aliphatic heterocycles. The van der Waals surface area contributed by atoms with E-state index in [9.17, 15) is 4.79 Å². The molecule has 2 atom stereocenters. The third-order valence-electron chi connectivity index (χ3n) is 3.25. The summed E-state index contributed by atoms with van der Waals surface area (Å²) in [6.45, 7) is 4.96. The van der Waals surface area contributed by atoms with E-state index in [4.69, 9.17) is 4.74 Å². The van der Waals surface area contributed by atoms with Gasteiger partial charge in [-0.15, -0.1) is 0 Å². The molecular weight excluding hydrogens is 298 g/mol. The fourth-order valence-electron chi connectivity index (χ4n) is 2.11. The maximum Gasteiger partial charge on any atom is 0.242 e. The highest BCUT2D eigenvalue weighted by Crippen LogP contribution is 2.16. The number of hydrogen-bond donors (Lipinski definition) is 1. The molecule has 2 rings (SSSR count). The molecule has 100 valence electrons. The third-order valence-corrected chi connectivity index (χ3v) is 4.03.